The first-order valence-corrected chi connectivity index (χ1v) is 11.8. The van der Waals surface area contributed by atoms with Crippen LogP contribution in [0.5, 0.6) is 0 Å². The summed E-state index contributed by atoms with van der Waals surface area (Å²) in [7, 11) is -4.20. The molecule has 2 aromatic carbocycles. The smallest absolute Gasteiger partial charge is 0.319 e. The Kier molecular flexibility index (Phi) is 4.64. The summed E-state index contributed by atoms with van der Waals surface area (Å²) in [5.74, 6) is -0.687. The number of nitrogens with one attached hydrogen (secondary N) is 1. The lowest BCUT2D eigenvalue weighted by Crippen LogP contribution is -2.48. The van der Waals surface area contributed by atoms with Crippen LogP contribution in [0.1, 0.15) is 6.92 Å². The Balaban J connectivity index is 1.66. The molecule has 2 atom stereocenters. The van der Waals surface area contributed by atoms with Gasteiger partial charge in [0, 0.05) is 16.5 Å². The third-order valence-electron chi connectivity index (χ3n) is 5.48. The van der Waals surface area contributed by atoms with Crippen LogP contribution in [0.2, 0.25) is 0 Å². The van der Waals surface area contributed by atoms with E-state index in [-0.39, 0.29) is 0 Å². The number of hydrogen-bond donors (Lipinski definition) is 2. The molecule has 0 aliphatic carbocycles. The number of fused-ring (bicyclic) bond motifs is 1. The summed E-state index contributed by atoms with van der Waals surface area (Å²) in [6, 6.07) is 14.2. The summed E-state index contributed by atoms with van der Waals surface area (Å²) in [6.45, 7) is 1.41. The maximum atomic E-state index is 13.7. The number of hydrogen-bond acceptors (Lipinski definition) is 8. The molecule has 0 fully saturated rings. The van der Waals surface area contributed by atoms with E-state index in [4.69, 9.17) is 0 Å². The van der Waals surface area contributed by atoms with Crippen LogP contribution in [-0.2, 0) is 14.8 Å². The van der Waals surface area contributed by atoms with Gasteiger partial charge in [0.25, 0.3) is 10.0 Å². The van der Waals surface area contributed by atoms with E-state index in [1.54, 1.807) is 48.5 Å². The van der Waals surface area contributed by atoms with Gasteiger partial charge in [-0.2, -0.15) is 9.19 Å². The van der Waals surface area contributed by atoms with Crippen molar-refractivity contribution >= 4 is 38.7 Å². The third-order valence-corrected chi connectivity index (χ3v) is 9.10. The highest BCUT2D eigenvalue weighted by Crippen LogP contribution is 2.41. The van der Waals surface area contributed by atoms with Gasteiger partial charge in [-0.15, -0.1) is 16.9 Å². The van der Waals surface area contributed by atoms with Crippen LogP contribution in [0.15, 0.2) is 60.0 Å². The first-order valence-electron chi connectivity index (χ1n) is 9.46. The minimum absolute atomic E-state index is 0.377. The van der Waals surface area contributed by atoms with Crippen LogP contribution >= 0.6 is 11.8 Å². The zero-order valence-corrected chi connectivity index (χ0v) is 18.2. The molecule has 2 unspecified atom stereocenters. The number of carboxylic acid groups (broad SMARTS) is 1. The second kappa shape index (κ2) is 7.28. The summed E-state index contributed by atoms with van der Waals surface area (Å²) in [4.78, 5) is 11.7. The number of nitrogens with zero attached hydrogens (tertiary/aromatic N) is 5. The molecule has 0 spiro atoms. The third kappa shape index (κ3) is 2.94. The van der Waals surface area contributed by atoms with Crippen molar-refractivity contribution < 1.29 is 18.3 Å². The monoisotopic (exact) mass is 468 g/mol. The molecule has 12 heteroatoms. The van der Waals surface area contributed by atoms with Crippen LogP contribution < -0.4 is 0 Å². The van der Waals surface area contributed by atoms with Gasteiger partial charge in [0.15, 0.2) is 5.82 Å². The predicted octanol–water partition coefficient (Wildman–Crippen LogP) is 2.53. The first-order chi connectivity index (χ1) is 15.3. The number of tetrazole rings is 1. The Morgan fingerprint density at radius 1 is 1.16 bits per heavy atom. The number of aliphatic carboxylic acids is 1. The van der Waals surface area contributed by atoms with Gasteiger partial charge >= 0.3 is 5.97 Å². The molecule has 1 aliphatic rings. The Hall–Kier alpha value is -3.51. The summed E-state index contributed by atoms with van der Waals surface area (Å²) in [5.41, 5.74) is 2.31. The molecule has 0 saturated carbocycles. The molecule has 3 heterocycles. The van der Waals surface area contributed by atoms with Gasteiger partial charge in [-0.25, -0.2) is 13.5 Å². The number of aromatic nitrogens is 6. The molecule has 162 valence electrons. The number of aromatic amines is 1. The van der Waals surface area contributed by atoms with Crippen molar-refractivity contribution in [1.82, 2.24) is 29.8 Å². The maximum Gasteiger partial charge on any atom is 0.319 e. The molecule has 0 saturated heterocycles. The molecule has 4 aromatic rings. The highest BCUT2D eigenvalue weighted by Gasteiger charge is 2.52. The molecule has 5 rings (SSSR count). The number of para-hydroxylation sites is 1. The van der Waals surface area contributed by atoms with Crippen LogP contribution in [-0.4, -0.2) is 59.3 Å². The molecule has 0 bridgehead atoms. The Labute approximate surface area is 186 Å². The Morgan fingerprint density at radius 3 is 2.56 bits per heavy atom. The number of H-pyrrole nitrogens is 1. The second-order valence-electron chi connectivity index (χ2n) is 7.38. The van der Waals surface area contributed by atoms with Crippen molar-refractivity contribution in [2.75, 3.05) is 0 Å². The standard InChI is InChI=1S/C20H16N6O4S2/c1-20(10-11-31-17(20)19(27)28)32(29,30)26-15-5-3-2-4-14(15)16(23-26)12-6-8-13(9-7-12)18-21-24-25-22-18/h2-11,17H,1H3,(H,27,28)(H,21,22,24,25). The van der Waals surface area contributed by atoms with E-state index >= 15 is 0 Å². The first kappa shape index (κ1) is 20.4. The lowest BCUT2D eigenvalue weighted by Gasteiger charge is -2.26. The lowest BCUT2D eigenvalue weighted by atomic mass is 10.1. The molecule has 1 aliphatic heterocycles. The number of carbonyl (C=O) groups is 1. The average molecular weight is 469 g/mol. The molecule has 0 radical (unpaired) electrons. The van der Waals surface area contributed by atoms with Crippen molar-refractivity contribution in [3.63, 3.8) is 0 Å². The largest absolute Gasteiger partial charge is 0.480 e. The summed E-state index contributed by atoms with van der Waals surface area (Å²) in [5, 5.41) is 28.7. The number of thioether (sulfide) groups is 1. The van der Waals surface area contributed by atoms with Gasteiger partial charge in [0.2, 0.25) is 0 Å². The lowest BCUT2D eigenvalue weighted by molar-refractivity contribution is -0.136. The van der Waals surface area contributed by atoms with Crippen LogP contribution in [0.4, 0.5) is 0 Å². The number of carboxylic acids is 1. The minimum Gasteiger partial charge on any atom is -0.480 e. The fraction of sp³-hybridized carbons (Fsp3) is 0.150. The van der Waals surface area contributed by atoms with Gasteiger partial charge < -0.3 is 5.11 Å². The quantitative estimate of drug-likeness (QED) is 0.451. The van der Waals surface area contributed by atoms with Gasteiger partial charge in [-0.1, -0.05) is 48.5 Å². The Morgan fingerprint density at radius 2 is 1.88 bits per heavy atom. The van der Waals surface area contributed by atoms with Gasteiger partial charge in [0.05, 0.1) is 5.52 Å². The van der Waals surface area contributed by atoms with E-state index in [2.05, 4.69) is 25.7 Å². The average Bonchev–Trinajstić information content (AvgIpc) is 3.53. The van der Waals surface area contributed by atoms with Crippen LogP contribution in [0.25, 0.3) is 33.5 Å². The van der Waals surface area contributed by atoms with E-state index in [0.29, 0.717) is 28.0 Å². The molecule has 2 N–H and O–H groups in total. The minimum atomic E-state index is -4.20. The van der Waals surface area contributed by atoms with E-state index < -0.39 is 26.0 Å². The zero-order chi connectivity index (χ0) is 22.5. The molecular weight excluding hydrogens is 452 g/mol. The van der Waals surface area contributed by atoms with E-state index in [1.165, 1.54) is 18.4 Å². The van der Waals surface area contributed by atoms with Crippen LogP contribution in [0.3, 0.4) is 0 Å². The SMILES string of the molecule is CC1(S(=O)(=O)n2nc(-c3ccc(-c4nnn[nH]4)cc3)c3ccccc32)C=CSC1C(=O)O. The molecule has 2 aromatic heterocycles. The van der Waals surface area contributed by atoms with Crippen LogP contribution in [0, 0.1) is 0 Å². The van der Waals surface area contributed by atoms with Crippen molar-refractivity contribution in [3.05, 3.63) is 60.0 Å². The van der Waals surface area contributed by atoms with Gasteiger partial charge in [-0.3, -0.25) is 4.79 Å². The molecule has 32 heavy (non-hydrogen) atoms. The van der Waals surface area contributed by atoms with Gasteiger partial charge in [-0.05, 0) is 28.8 Å². The van der Waals surface area contributed by atoms with Crippen molar-refractivity contribution in [3.8, 4) is 22.6 Å². The highest BCUT2D eigenvalue weighted by molar-refractivity contribution is 8.05. The van der Waals surface area contributed by atoms with Crippen molar-refractivity contribution in [2.24, 2.45) is 0 Å². The molecular formula is C20H16N6O4S2. The topological polar surface area (TPSA) is 144 Å². The van der Waals surface area contributed by atoms with E-state index in [1.807, 2.05) is 0 Å². The zero-order valence-electron chi connectivity index (χ0n) is 16.6. The summed E-state index contributed by atoms with van der Waals surface area (Å²) >= 11 is 0.968. The maximum absolute atomic E-state index is 13.7. The van der Waals surface area contributed by atoms with Gasteiger partial charge in [0.1, 0.15) is 15.7 Å². The second-order valence-corrected chi connectivity index (χ2v) is 10.6. The Bertz CT molecular complexity index is 1460. The predicted molar refractivity (Wildman–Crippen MR) is 119 cm³/mol. The number of benzene rings is 2. The highest BCUT2D eigenvalue weighted by atomic mass is 32.2. The van der Waals surface area contributed by atoms with Crippen molar-refractivity contribution in [2.45, 2.75) is 16.9 Å². The summed E-state index contributed by atoms with van der Waals surface area (Å²) in [6.07, 6.45) is 1.42. The van der Waals surface area contributed by atoms with Crippen molar-refractivity contribution in [1.29, 1.82) is 0 Å². The summed E-state index contributed by atoms with van der Waals surface area (Å²) < 4.78 is 26.7. The molecule has 0 amide bonds. The van der Waals surface area contributed by atoms with E-state index in [9.17, 15) is 18.3 Å². The van der Waals surface area contributed by atoms with E-state index in [0.717, 1.165) is 21.4 Å². The normalized spacial score (nSPS) is 20.7. The fourth-order valence-corrected chi connectivity index (χ4v) is 6.88. The number of rotatable bonds is 5. The fourth-order valence-electron chi connectivity index (χ4n) is 3.69. The molecule has 10 nitrogen and oxygen atoms in total.